The first-order valence-electron chi connectivity index (χ1n) is 9.66. The number of hydrogen-bond acceptors (Lipinski definition) is 8. The van der Waals surface area contributed by atoms with Gasteiger partial charge in [0.2, 0.25) is 0 Å². The highest BCUT2D eigenvalue weighted by atomic mass is 32.1. The van der Waals surface area contributed by atoms with E-state index in [4.69, 9.17) is 14.1 Å². The first-order valence-corrected chi connectivity index (χ1v) is 10.5. The number of carbonyl (C=O) groups excluding carboxylic acids is 1. The Bertz CT molecular complexity index is 1090. The molecule has 9 nitrogen and oxygen atoms in total. The molecule has 2 aromatic heterocycles. The van der Waals surface area contributed by atoms with Crippen molar-refractivity contribution in [1.29, 1.82) is 0 Å². The van der Waals surface area contributed by atoms with Gasteiger partial charge in [0.15, 0.2) is 10.9 Å². The molecule has 4 rings (SSSR count). The molecule has 0 aliphatic carbocycles. The van der Waals surface area contributed by atoms with Crippen LogP contribution in [-0.2, 0) is 4.74 Å². The maximum Gasteiger partial charge on any atom is 0.433 e. The first-order chi connectivity index (χ1) is 14.4. The lowest BCUT2D eigenvalue weighted by Gasteiger charge is -2.28. The molecule has 3 heterocycles. The number of aryl methyl sites for hydroxylation is 2. The molecule has 0 N–H and O–H groups in total. The second-order valence-corrected chi connectivity index (χ2v) is 8.21. The molecule has 3 aromatic rings. The summed E-state index contributed by atoms with van der Waals surface area (Å²) >= 11 is 1.44. The Balaban J connectivity index is 1.66. The summed E-state index contributed by atoms with van der Waals surface area (Å²) in [7, 11) is 0. The van der Waals surface area contributed by atoms with Crippen molar-refractivity contribution in [1.82, 2.24) is 9.88 Å². The average Bonchev–Trinajstić information content (AvgIpc) is 3.36. The fourth-order valence-corrected chi connectivity index (χ4v) is 4.54. The maximum atomic E-state index is 13.2. The lowest BCUT2D eigenvalue weighted by molar-refractivity contribution is -0.402. The van der Waals surface area contributed by atoms with Gasteiger partial charge in [-0.2, -0.15) is 0 Å². The monoisotopic (exact) mass is 430 g/mol. The SMILES string of the molecule is Cc1cc(C)c2sc(N(CCN3CCOCC3)C(=O)c3ccc([N+](=O)[O-])o3)nc2c1. The van der Waals surface area contributed by atoms with Crippen molar-refractivity contribution in [2.24, 2.45) is 0 Å². The molecule has 0 unspecified atom stereocenters. The van der Waals surface area contributed by atoms with Crippen LogP contribution < -0.4 is 4.90 Å². The molecule has 1 amide bonds. The molecule has 158 valence electrons. The van der Waals surface area contributed by atoms with E-state index < -0.39 is 16.7 Å². The summed E-state index contributed by atoms with van der Waals surface area (Å²) in [6.45, 7) is 7.99. The number of anilines is 1. The molecular weight excluding hydrogens is 408 g/mol. The van der Waals surface area contributed by atoms with E-state index in [9.17, 15) is 14.9 Å². The fourth-order valence-electron chi connectivity index (χ4n) is 3.50. The van der Waals surface area contributed by atoms with Crippen molar-refractivity contribution < 1.29 is 18.9 Å². The van der Waals surface area contributed by atoms with Gasteiger partial charge >= 0.3 is 5.88 Å². The molecule has 0 bridgehead atoms. The van der Waals surface area contributed by atoms with Gasteiger partial charge in [-0.3, -0.25) is 24.7 Å². The maximum absolute atomic E-state index is 13.2. The number of fused-ring (bicyclic) bond motifs is 1. The van der Waals surface area contributed by atoms with E-state index in [0.29, 0.717) is 31.4 Å². The number of ether oxygens (including phenoxy) is 1. The summed E-state index contributed by atoms with van der Waals surface area (Å²) in [6.07, 6.45) is 0. The second-order valence-electron chi connectivity index (χ2n) is 7.23. The van der Waals surface area contributed by atoms with E-state index in [0.717, 1.165) is 34.4 Å². The summed E-state index contributed by atoms with van der Waals surface area (Å²) < 4.78 is 11.6. The van der Waals surface area contributed by atoms with Crippen LogP contribution in [0.15, 0.2) is 28.7 Å². The van der Waals surface area contributed by atoms with Crippen LogP contribution in [0.25, 0.3) is 10.2 Å². The highest BCUT2D eigenvalue weighted by Gasteiger charge is 2.27. The Labute approximate surface area is 177 Å². The normalized spacial score (nSPS) is 14.9. The third kappa shape index (κ3) is 4.20. The Morgan fingerprint density at radius 2 is 2.07 bits per heavy atom. The molecule has 1 aromatic carbocycles. The van der Waals surface area contributed by atoms with Crippen molar-refractivity contribution in [3.8, 4) is 0 Å². The molecule has 0 radical (unpaired) electrons. The molecule has 1 aliphatic heterocycles. The lowest BCUT2D eigenvalue weighted by Crippen LogP contribution is -2.43. The van der Waals surface area contributed by atoms with E-state index in [-0.39, 0.29) is 5.76 Å². The van der Waals surface area contributed by atoms with Gasteiger partial charge < -0.3 is 9.15 Å². The van der Waals surface area contributed by atoms with Crippen molar-refractivity contribution in [3.63, 3.8) is 0 Å². The molecule has 1 fully saturated rings. The molecule has 10 heteroatoms. The topological polar surface area (TPSA) is 102 Å². The number of amides is 1. The van der Waals surface area contributed by atoms with E-state index >= 15 is 0 Å². The van der Waals surface area contributed by atoms with Gasteiger partial charge in [-0.1, -0.05) is 17.4 Å². The quantitative estimate of drug-likeness (QED) is 0.436. The number of nitro groups is 1. The lowest BCUT2D eigenvalue weighted by atomic mass is 10.1. The summed E-state index contributed by atoms with van der Waals surface area (Å²) in [5.74, 6) is -0.970. The predicted octanol–water partition coefficient (Wildman–Crippen LogP) is 3.39. The Hall–Kier alpha value is -2.82. The number of aromatic nitrogens is 1. The average molecular weight is 430 g/mol. The highest BCUT2D eigenvalue weighted by molar-refractivity contribution is 7.22. The first kappa shape index (κ1) is 20.5. The van der Waals surface area contributed by atoms with Gasteiger partial charge in [0.1, 0.15) is 4.92 Å². The zero-order valence-corrected chi connectivity index (χ0v) is 17.6. The summed E-state index contributed by atoms with van der Waals surface area (Å²) in [6, 6.07) is 6.61. The minimum atomic E-state index is -0.654. The van der Waals surface area contributed by atoms with Crippen LogP contribution in [0.2, 0.25) is 0 Å². The van der Waals surface area contributed by atoms with Crippen molar-refractivity contribution in [2.75, 3.05) is 44.3 Å². The standard InChI is InChI=1S/C20H22N4O5S/c1-13-11-14(2)18-15(12-13)21-20(30-18)23(6-5-22-7-9-28-10-8-22)19(25)16-3-4-17(29-16)24(26)27/h3-4,11-12H,5-10H2,1-2H3. The van der Waals surface area contributed by atoms with Crippen molar-refractivity contribution in [3.05, 3.63) is 51.3 Å². The van der Waals surface area contributed by atoms with Crippen molar-refractivity contribution >= 4 is 38.5 Å². The van der Waals surface area contributed by atoms with Gasteiger partial charge in [0.25, 0.3) is 5.91 Å². The number of morpholine rings is 1. The summed E-state index contributed by atoms with van der Waals surface area (Å²) in [5.41, 5.74) is 3.04. The fraction of sp³-hybridized carbons (Fsp3) is 0.400. The Morgan fingerprint density at radius 1 is 1.30 bits per heavy atom. The summed E-state index contributed by atoms with van der Waals surface area (Å²) in [4.78, 5) is 32.0. The third-order valence-electron chi connectivity index (χ3n) is 5.01. The smallest absolute Gasteiger partial charge is 0.395 e. The summed E-state index contributed by atoms with van der Waals surface area (Å²) in [5, 5.41) is 11.5. The number of nitrogens with zero attached hydrogens (tertiary/aromatic N) is 4. The third-order valence-corrected chi connectivity index (χ3v) is 6.24. The molecule has 1 aliphatic rings. The number of benzene rings is 1. The van der Waals surface area contributed by atoms with Crippen molar-refractivity contribution in [2.45, 2.75) is 13.8 Å². The second kappa shape index (κ2) is 8.50. The molecule has 1 saturated heterocycles. The van der Waals surface area contributed by atoms with E-state index in [1.165, 1.54) is 23.5 Å². The van der Waals surface area contributed by atoms with Crippen LogP contribution in [0.5, 0.6) is 0 Å². The number of carbonyl (C=O) groups is 1. The van der Waals surface area contributed by atoms with Gasteiger partial charge in [-0.15, -0.1) is 0 Å². The minimum Gasteiger partial charge on any atom is -0.395 e. The number of rotatable bonds is 6. The number of hydrogen-bond donors (Lipinski definition) is 0. The van der Waals surface area contributed by atoms with Crippen LogP contribution in [0.1, 0.15) is 21.7 Å². The number of thiazole rings is 1. The molecule has 0 saturated carbocycles. The van der Waals surface area contributed by atoms with E-state index in [1.807, 2.05) is 19.9 Å². The van der Waals surface area contributed by atoms with Crippen LogP contribution in [0.3, 0.4) is 0 Å². The largest absolute Gasteiger partial charge is 0.433 e. The number of furan rings is 1. The van der Waals surface area contributed by atoms with Crippen LogP contribution >= 0.6 is 11.3 Å². The minimum absolute atomic E-state index is 0.0733. The van der Waals surface area contributed by atoms with Crippen LogP contribution in [0, 0.1) is 24.0 Å². The van der Waals surface area contributed by atoms with Gasteiger partial charge in [0, 0.05) is 26.2 Å². The molecule has 0 atom stereocenters. The van der Waals surface area contributed by atoms with Gasteiger partial charge in [0.05, 0.1) is 29.5 Å². The van der Waals surface area contributed by atoms with Crippen LogP contribution in [-0.4, -0.2) is 60.1 Å². The molecule has 0 spiro atoms. The van der Waals surface area contributed by atoms with Gasteiger partial charge in [-0.05, 0) is 37.1 Å². The molecular formula is C20H22N4O5S. The zero-order valence-electron chi connectivity index (χ0n) is 16.8. The van der Waals surface area contributed by atoms with E-state index in [1.54, 1.807) is 4.90 Å². The molecule has 30 heavy (non-hydrogen) atoms. The predicted molar refractivity (Wildman–Crippen MR) is 113 cm³/mol. The zero-order chi connectivity index (χ0) is 21.3. The Morgan fingerprint density at radius 3 is 2.77 bits per heavy atom. The Kier molecular flexibility index (Phi) is 5.80. The van der Waals surface area contributed by atoms with Crippen LogP contribution in [0.4, 0.5) is 11.0 Å². The highest BCUT2D eigenvalue weighted by Crippen LogP contribution is 2.33. The van der Waals surface area contributed by atoms with Gasteiger partial charge in [-0.25, -0.2) is 4.98 Å². The van der Waals surface area contributed by atoms with E-state index in [2.05, 4.69) is 11.0 Å².